The largest absolute Gasteiger partial charge is 0.497 e. The minimum Gasteiger partial charge on any atom is -0.497 e. The molecule has 0 saturated heterocycles. The first-order chi connectivity index (χ1) is 9.97. The maximum absolute atomic E-state index is 12.5. The fourth-order valence-corrected chi connectivity index (χ4v) is 4.20. The van der Waals surface area contributed by atoms with Crippen molar-refractivity contribution >= 4 is 21.4 Å². The molecule has 114 valence electrons. The first kappa shape index (κ1) is 16.0. The minimum atomic E-state index is -3.50. The van der Waals surface area contributed by atoms with Crippen molar-refractivity contribution in [3.8, 4) is 5.75 Å². The monoisotopic (exact) mass is 326 g/mol. The van der Waals surface area contributed by atoms with Crippen molar-refractivity contribution in [1.29, 1.82) is 0 Å². The van der Waals surface area contributed by atoms with Crippen molar-refractivity contribution in [3.63, 3.8) is 0 Å². The lowest BCUT2D eigenvalue weighted by Crippen LogP contribution is -2.26. The van der Waals surface area contributed by atoms with Gasteiger partial charge in [0.05, 0.1) is 12.0 Å². The van der Waals surface area contributed by atoms with E-state index < -0.39 is 10.0 Å². The Morgan fingerprint density at radius 3 is 2.71 bits per heavy atom. The van der Waals surface area contributed by atoms with Gasteiger partial charge in [-0.3, -0.25) is 0 Å². The highest BCUT2D eigenvalue weighted by atomic mass is 32.2. The lowest BCUT2D eigenvalue weighted by atomic mass is 10.2. The summed E-state index contributed by atoms with van der Waals surface area (Å²) in [5, 5.41) is 1.62. The van der Waals surface area contributed by atoms with E-state index in [2.05, 4.69) is 0 Å². The van der Waals surface area contributed by atoms with Gasteiger partial charge < -0.3 is 10.5 Å². The van der Waals surface area contributed by atoms with E-state index >= 15 is 0 Å². The fraction of sp³-hybridized carbons (Fsp3) is 0.286. The summed E-state index contributed by atoms with van der Waals surface area (Å²) in [6.07, 6.45) is 0. The van der Waals surface area contributed by atoms with Crippen LogP contribution in [0.3, 0.4) is 0 Å². The fourth-order valence-electron chi connectivity index (χ4n) is 1.90. The normalized spacial score (nSPS) is 11.8. The van der Waals surface area contributed by atoms with Crippen LogP contribution in [0.15, 0.2) is 40.6 Å². The number of hydrogen-bond acceptors (Lipinski definition) is 5. The molecule has 1 aromatic heterocycles. The molecule has 0 aliphatic heterocycles. The van der Waals surface area contributed by atoms with Crippen LogP contribution in [0.25, 0.3) is 0 Å². The van der Waals surface area contributed by atoms with Gasteiger partial charge >= 0.3 is 0 Å². The number of thiophene rings is 1. The summed E-state index contributed by atoms with van der Waals surface area (Å²) < 4.78 is 31.4. The van der Waals surface area contributed by atoms with Gasteiger partial charge in [-0.05, 0) is 23.8 Å². The topological polar surface area (TPSA) is 72.6 Å². The molecule has 0 aliphatic carbocycles. The van der Waals surface area contributed by atoms with E-state index in [0.717, 1.165) is 10.4 Å². The molecule has 0 unspecified atom stereocenters. The molecule has 0 fully saturated rings. The Morgan fingerprint density at radius 1 is 1.33 bits per heavy atom. The molecule has 0 radical (unpaired) electrons. The van der Waals surface area contributed by atoms with Gasteiger partial charge in [-0.2, -0.15) is 4.31 Å². The number of ether oxygens (including phenoxy) is 1. The molecular formula is C14H18N2O3S2. The van der Waals surface area contributed by atoms with E-state index in [1.807, 2.05) is 24.3 Å². The summed E-state index contributed by atoms with van der Waals surface area (Å²) >= 11 is 1.36. The van der Waals surface area contributed by atoms with E-state index in [0.29, 0.717) is 17.2 Å². The zero-order valence-electron chi connectivity index (χ0n) is 11.9. The molecule has 0 saturated carbocycles. The average molecular weight is 326 g/mol. The summed E-state index contributed by atoms with van der Waals surface area (Å²) in [5.74, 6) is 0.708. The van der Waals surface area contributed by atoms with Crippen LogP contribution in [0.4, 0.5) is 0 Å². The molecule has 0 aliphatic rings. The third kappa shape index (κ3) is 3.62. The van der Waals surface area contributed by atoms with Gasteiger partial charge in [0.15, 0.2) is 0 Å². The van der Waals surface area contributed by atoms with Crippen LogP contribution in [0.2, 0.25) is 0 Å². The Balaban J connectivity index is 2.19. The van der Waals surface area contributed by atoms with Crippen LogP contribution in [-0.2, 0) is 23.1 Å². The van der Waals surface area contributed by atoms with E-state index in [9.17, 15) is 8.42 Å². The van der Waals surface area contributed by atoms with Crippen molar-refractivity contribution in [3.05, 3.63) is 46.2 Å². The summed E-state index contributed by atoms with van der Waals surface area (Å²) in [6.45, 7) is 0.632. The summed E-state index contributed by atoms with van der Waals surface area (Å²) in [5.41, 5.74) is 6.40. The van der Waals surface area contributed by atoms with E-state index in [1.165, 1.54) is 15.6 Å². The number of hydrogen-bond donors (Lipinski definition) is 1. The Bertz CT molecular complexity index is 711. The second-order valence-electron chi connectivity index (χ2n) is 4.57. The smallest absolute Gasteiger partial charge is 0.243 e. The predicted molar refractivity (Wildman–Crippen MR) is 83.9 cm³/mol. The first-order valence-corrected chi connectivity index (χ1v) is 8.66. The number of nitrogens with two attached hydrogens (primary N) is 1. The molecule has 0 amide bonds. The van der Waals surface area contributed by atoms with Crippen LogP contribution < -0.4 is 10.5 Å². The molecule has 0 atom stereocenters. The molecule has 5 nitrogen and oxygen atoms in total. The van der Waals surface area contributed by atoms with Crippen LogP contribution in [0.5, 0.6) is 5.75 Å². The number of benzene rings is 1. The van der Waals surface area contributed by atoms with Gasteiger partial charge in [0.2, 0.25) is 10.0 Å². The number of sulfonamides is 1. The standard InChI is InChI=1S/C14H18N2O3S2/c1-16(9-11-4-3-5-12(6-11)19-2)21(17,18)14-7-13(8-15)20-10-14/h3-7,10H,8-9,15H2,1-2H3. The Kier molecular flexibility index (Phi) is 5.00. The zero-order valence-corrected chi connectivity index (χ0v) is 13.6. The third-order valence-corrected chi connectivity index (χ3v) is 5.97. The molecule has 2 aromatic rings. The van der Waals surface area contributed by atoms with Crippen molar-refractivity contribution in [2.24, 2.45) is 5.73 Å². The maximum atomic E-state index is 12.5. The lowest BCUT2D eigenvalue weighted by molar-refractivity contribution is 0.412. The van der Waals surface area contributed by atoms with Gasteiger partial charge in [-0.25, -0.2) is 8.42 Å². The molecule has 1 aromatic carbocycles. The van der Waals surface area contributed by atoms with Crippen molar-refractivity contribution in [2.75, 3.05) is 14.2 Å². The first-order valence-electron chi connectivity index (χ1n) is 6.34. The maximum Gasteiger partial charge on any atom is 0.243 e. The molecule has 1 heterocycles. The van der Waals surface area contributed by atoms with Crippen LogP contribution in [-0.4, -0.2) is 26.9 Å². The van der Waals surface area contributed by atoms with Gasteiger partial charge in [-0.1, -0.05) is 12.1 Å². The highest BCUT2D eigenvalue weighted by Crippen LogP contribution is 2.23. The van der Waals surface area contributed by atoms with Crippen molar-refractivity contribution in [2.45, 2.75) is 18.0 Å². The number of nitrogens with zero attached hydrogens (tertiary/aromatic N) is 1. The van der Waals surface area contributed by atoms with E-state index in [-0.39, 0.29) is 6.54 Å². The van der Waals surface area contributed by atoms with Gasteiger partial charge in [0.25, 0.3) is 0 Å². The number of methoxy groups -OCH3 is 1. The quantitative estimate of drug-likeness (QED) is 0.881. The molecule has 0 spiro atoms. The minimum absolute atomic E-state index is 0.285. The number of rotatable bonds is 6. The average Bonchev–Trinajstić information content (AvgIpc) is 2.97. The highest BCUT2D eigenvalue weighted by Gasteiger charge is 2.22. The third-order valence-electron chi connectivity index (χ3n) is 3.08. The molecular weight excluding hydrogens is 308 g/mol. The summed E-state index contributed by atoms with van der Waals surface area (Å²) in [4.78, 5) is 1.14. The second-order valence-corrected chi connectivity index (χ2v) is 7.61. The Morgan fingerprint density at radius 2 is 2.10 bits per heavy atom. The molecule has 7 heteroatoms. The van der Waals surface area contributed by atoms with Gasteiger partial charge in [-0.15, -0.1) is 11.3 Å². The zero-order chi connectivity index (χ0) is 15.5. The van der Waals surface area contributed by atoms with Crippen LogP contribution >= 0.6 is 11.3 Å². The van der Waals surface area contributed by atoms with Crippen LogP contribution in [0, 0.1) is 0 Å². The Labute approximate surface area is 129 Å². The molecule has 2 N–H and O–H groups in total. The highest BCUT2D eigenvalue weighted by molar-refractivity contribution is 7.89. The predicted octanol–water partition coefficient (Wildman–Crippen LogP) is 2.04. The van der Waals surface area contributed by atoms with Crippen molar-refractivity contribution in [1.82, 2.24) is 4.31 Å². The SMILES string of the molecule is COc1cccc(CN(C)S(=O)(=O)c2csc(CN)c2)c1. The Hall–Kier alpha value is -1.41. The van der Waals surface area contributed by atoms with Crippen molar-refractivity contribution < 1.29 is 13.2 Å². The molecule has 21 heavy (non-hydrogen) atoms. The van der Waals surface area contributed by atoms with E-state index in [4.69, 9.17) is 10.5 Å². The van der Waals surface area contributed by atoms with Crippen LogP contribution in [0.1, 0.15) is 10.4 Å². The van der Waals surface area contributed by atoms with E-state index in [1.54, 1.807) is 25.6 Å². The molecule has 0 bridgehead atoms. The lowest BCUT2D eigenvalue weighted by Gasteiger charge is -2.16. The second kappa shape index (κ2) is 6.57. The molecule has 2 rings (SSSR count). The summed E-state index contributed by atoms with van der Waals surface area (Å²) in [6, 6.07) is 8.98. The van der Waals surface area contributed by atoms with Gasteiger partial charge in [0.1, 0.15) is 5.75 Å². The summed E-state index contributed by atoms with van der Waals surface area (Å²) in [7, 11) is -0.352. The van der Waals surface area contributed by atoms with Gasteiger partial charge in [0, 0.05) is 30.4 Å².